The van der Waals surface area contributed by atoms with Gasteiger partial charge < -0.3 is 32.0 Å². The van der Waals surface area contributed by atoms with Crippen molar-refractivity contribution in [1.29, 1.82) is 0 Å². The molecule has 2 aromatic heterocycles. The lowest BCUT2D eigenvalue weighted by molar-refractivity contribution is -0.110. The lowest BCUT2D eigenvalue weighted by Crippen LogP contribution is -2.29. The van der Waals surface area contributed by atoms with Crippen LogP contribution in [-0.2, 0) is 4.79 Å². The molecule has 0 spiro atoms. The van der Waals surface area contributed by atoms with E-state index in [9.17, 15) is 14.4 Å². The minimum atomic E-state index is -0.317. The second-order valence-electron chi connectivity index (χ2n) is 9.51. The summed E-state index contributed by atoms with van der Waals surface area (Å²) >= 11 is 0. The number of fused-ring (bicyclic) bond motifs is 1. The number of benzene rings is 2. The summed E-state index contributed by atoms with van der Waals surface area (Å²) in [5.74, 6) is -0.305. The van der Waals surface area contributed by atoms with Crippen molar-refractivity contribution in [2.75, 3.05) is 34.8 Å². The molecule has 4 aromatic rings. The van der Waals surface area contributed by atoms with Crippen LogP contribution in [0.5, 0.6) is 0 Å². The van der Waals surface area contributed by atoms with Crippen LogP contribution in [0.15, 0.2) is 77.1 Å². The minimum absolute atomic E-state index is 0.234. The summed E-state index contributed by atoms with van der Waals surface area (Å²) in [4.78, 5) is 45.0. The number of nitrogens with two attached hydrogens (primary N) is 1. The van der Waals surface area contributed by atoms with Crippen LogP contribution < -0.4 is 27.0 Å². The third-order valence-electron chi connectivity index (χ3n) is 6.64. The minimum Gasteiger partial charge on any atom is -0.397 e. The zero-order chi connectivity index (χ0) is 29.6. The van der Waals surface area contributed by atoms with Crippen molar-refractivity contribution in [3.63, 3.8) is 0 Å². The molecule has 0 radical (unpaired) electrons. The first-order valence-corrected chi connectivity index (χ1v) is 13.2. The van der Waals surface area contributed by atoms with Gasteiger partial charge in [-0.25, -0.2) is 4.98 Å². The Bertz CT molecular complexity index is 1720. The number of nitrogens with one attached hydrogen (secondary N) is 5. The molecular formula is C30H29N9O3. The molecule has 1 aliphatic heterocycles. The summed E-state index contributed by atoms with van der Waals surface area (Å²) in [6.45, 7) is 4.38. The monoisotopic (exact) mass is 563 g/mol. The molecule has 0 aliphatic carbocycles. The van der Waals surface area contributed by atoms with Gasteiger partial charge in [-0.1, -0.05) is 30.3 Å². The Balaban J connectivity index is 1.13. The van der Waals surface area contributed by atoms with E-state index in [-0.39, 0.29) is 23.4 Å². The van der Waals surface area contributed by atoms with Gasteiger partial charge in [0.1, 0.15) is 5.82 Å². The number of carbonyl (C=O) groups is 3. The number of rotatable bonds is 9. The van der Waals surface area contributed by atoms with Crippen LogP contribution in [0.3, 0.4) is 0 Å². The normalized spacial score (nSPS) is 13.2. The van der Waals surface area contributed by atoms with Gasteiger partial charge in [0.2, 0.25) is 0 Å². The number of nitrogen functional groups attached to an aromatic ring is 1. The summed E-state index contributed by atoms with van der Waals surface area (Å²) in [5.41, 5.74) is 11.4. The molecule has 3 amide bonds. The Morgan fingerprint density at radius 3 is 2.57 bits per heavy atom. The van der Waals surface area contributed by atoms with Crippen LogP contribution in [0.1, 0.15) is 43.2 Å². The molecule has 42 heavy (non-hydrogen) atoms. The Labute approximate surface area is 241 Å². The molecule has 3 heterocycles. The van der Waals surface area contributed by atoms with E-state index in [4.69, 9.17) is 5.73 Å². The van der Waals surface area contributed by atoms with Gasteiger partial charge in [0.05, 0.1) is 40.1 Å². The maximum absolute atomic E-state index is 12.9. The van der Waals surface area contributed by atoms with E-state index in [1.54, 1.807) is 55.5 Å². The number of para-hydroxylation sites is 3. The molecule has 2 aromatic carbocycles. The van der Waals surface area contributed by atoms with Crippen molar-refractivity contribution < 1.29 is 14.4 Å². The molecule has 0 fully saturated rings. The molecule has 0 bridgehead atoms. The molecule has 7 N–H and O–H groups in total. The number of aromatic amines is 1. The largest absolute Gasteiger partial charge is 0.397 e. The summed E-state index contributed by atoms with van der Waals surface area (Å²) in [6, 6.07) is 17.6. The predicted octanol–water partition coefficient (Wildman–Crippen LogP) is 3.48. The van der Waals surface area contributed by atoms with Crippen LogP contribution in [0.4, 0.5) is 22.9 Å². The van der Waals surface area contributed by atoms with Crippen LogP contribution in [-0.4, -0.2) is 52.7 Å². The maximum atomic E-state index is 12.9. The lowest BCUT2D eigenvalue weighted by Gasteiger charge is -2.10. The number of amides is 3. The van der Waals surface area contributed by atoms with E-state index in [1.807, 2.05) is 19.1 Å². The fraction of sp³-hybridized carbons (Fsp3) is 0.133. The average Bonchev–Trinajstić information content (AvgIpc) is 3.46. The number of aryl methyl sites for hydroxylation is 1. The number of nitrogens with zero attached hydrogens (tertiary/aromatic N) is 3. The molecular weight excluding hydrogens is 534 g/mol. The van der Waals surface area contributed by atoms with Crippen molar-refractivity contribution in [3.8, 4) is 0 Å². The Morgan fingerprint density at radius 1 is 1.00 bits per heavy atom. The van der Waals surface area contributed by atoms with Crippen molar-refractivity contribution >= 4 is 52.5 Å². The zero-order valence-corrected chi connectivity index (χ0v) is 23.0. The summed E-state index contributed by atoms with van der Waals surface area (Å²) in [7, 11) is 0. The van der Waals surface area contributed by atoms with E-state index < -0.39 is 0 Å². The van der Waals surface area contributed by atoms with E-state index in [2.05, 4.69) is 41.4 Å². The highest BCUT2D eigenvalue weighted by Crippen LogP contribution is 2.23. The number of hydrogen-bond donors (Lipinski definition) is 6. The predicted molar refractivity (Wildman–Crippen MR) is 163 cm³/mol. The van der Waals surface area contributed by atoms with E-state index in [1.165, 1.54) is 12.4 Å². The number of H-pyrrole nitrogens is 1. The highest BCUT2D eigenvalue weighted by Gasteiger charge is 2.25. The number of aromatic nitrogens is 2. The third kappa shape index (κ3) is 6.02. The fourth-order valence-corrected chi connectivity index (χ4v) is 4.48. The quantitative estimate of drug-likeness (QED) is 0.0785. The van der Waals surface area contributed by atoms with Gasteiger partial charge >= 0.3 is 0 Å². The SMILES string of the molecule is Cc1[nH]c(/C=N/N=C2\C(=O)Nc3ccccc32)c(C)c1C(=O)NCCNc1ccc(C(=O)Nc2ccccc2N)cn1. The molecule has 1 aliphatic rings. The number of hydrogen-bond acceptors (Lipinski definition) is 8. The van der Waals surface area contributed by atoms with Gasteiger partial charge in [-0.2, -0.15) is 5.10 Å². The Morgan fingerprint density at radius 2 is 1.79 bits per heavy atom. The van der Waals surface area contributed by atoms with Gasteiger partial charge in [0.15, 0.2) is 5.71 Å². The number of pyridine rings is 1. The first-order chi connectivity index (χ1) is 20.3. The molecule has 0 saturated carbocycles. The summed E-state index contributed by atoms with van der Waals surface area (Å²) in [6.07, 6.45) is 2.96. The van der Waals surface area contributed by atoms with Gasteiger partial charge in [-0.05, 0) is 49.7 Å². The first-order valence-electron chi connectivity index (χ1n) is 13.2. The highest BCUT2D eigenvalue weighted by atomic mass is 16.2. The van der Waals surface area contributed by atoms with E-state index >= 15 is 0 Å². The zero-order valence-electron chi connectivity index (χ0n) is 23.0. The second kappa shape index (κ2) is 12.2. The van der Waals surface area contributed by atoms with Crippen molar-refractivity contribution in [3.05, 3.63) is 101 Å². The standard InChI is InChI=1S/C30H29N9O3/c1-17-24(16-35-39-27-20-7-3-5-9-22(20)37-30(27)42)36-18(2)26(17)29(41)33-14-13-32-25-12-11-19(15-34-25)28(40)38-23-10-6-4-8-21(23)31/h3-12,15-16,36H,13-14,31H2,1-2H3,(H,32,34)(H,33,41)(H,38,40)(H,37,39,42)/b35-16+. The van der Waals surface area contributed by atoms with Crippen molar-refractivity contribution in [1.82, 2.24) is 15.3 Å². The van der Waals surface area contributed by atoms with Gasteiger partial charge in [-0.3, -0.25) is 14.4 Å². The fourth-order valence-electron chi connectivity index (χ4n) is 4.48. The van der Waals surface area contributed by atoms with Crippen LogP contribution in [0.2, 0.25) is 0 Å². The lowest BCUT2D eigenvalue weighted by atomic mass is 10.1. The smallest absolute Gasteiger partial charge is 0.276 e. The second-order valence-corrected chi connectivity index (χ2v) is 9.51. The van der Waals surface area contributed by atoms with Gasteiger partial charge in [-0.15, -0.1) is 5.10 Å². The average molecular weight is 564 g/mol. The van der Waals surface area contributed by atoms with E-state index in [0.717, 1.165) is 0 Å². The van der Waals surface area contributed by atoms with Crippen molar-refractivity contribution in [2.24, 2.45) is 10.2 Å². The molecule has 12 heteroatoms. The Kier molecular flexibility index (Phi) is 8.05. The molecule has 5 rings (SSSR count). The van der Waals surface area contributed by atoms with Crippen LogP contribution in [0.25, 0.3) is 0 Å². The molecule has 212 valence electrons. The van der Waals surface area contributed by atoms with Crippen LogP contribution in [0, 0.1) is 13.8 Å². The topological polar surface area (TPSA) is 179 Å². The van der Waals surface area contributed by atoms with Crippen molar-refractivity contribution in [2.45, 2.75) is 13.8 Å². The van der Waals surface area contributed by atoms with E-state index in [0.29, 0.717) is 69.6 Å². The third-order valence-corrected chi connectivity index (χ3v) is 6.64. The number of anilines is 4. The number of carbonyl (C=O) groups excluding carboxylic acids is 3. The molecule has 0 atom stereocenters. The molecule has 0 saturated heterocycles. The highest BCUT2D eigenvalue weighted by molar-refractivity contribution is 6.53. The summed E-state index contributed by atoms with van der Waals surface area (Å²) < 4.78 is 0. The van der Waals surface area contributed by atoms with Gasteiger partial charge in [0.25, 0.3) is 17.7 Å². The van der Waals surface area contributed by atoms with Crippen LogP contribution >= 0.6 is 0 Å². The molecule has 12 nitrogen and oxygen atoms in total. The summed E-state index contributed by atoms with van der Waals surface area (Å²) in [5, 5.41) is 19.7. The Hall–Kier alpha value is -5.78. The molecule has 0 unspecified atom stereocenters. The van der Waals surface area contributed by atoms with Gasteiger partial charge in [0, 0.05) is 30.5 Å². The first kappa shape index (κ1) is 27.8. The maximum Gasteiger partial charge on any atom is 0.276 e.